The molecule has 0 aliphatic heterocycles. The van der Waals surface area contributed by atoms with Crippen LogP contribution in [0.4, 0.5) is 5.69 Å². The second-order valence-corrected chi connectivity index (χ2v) is 6.17. The molecule has 0 saturated carbocycles. The second-order valence-electron chi connectivity index (χ2n) is 4.52. The lowest BCUT2D eigenvalue weighted by Crippen LogP contribution is -2.15. The molecule has 1 aromatic carbocycles. The van der Waals surface area contributed by atoms with Gasteiger partial charge in [-0.1, -0.05) is 18.2 Å². The molecule has 1 aromatic heterocycles. The van der Waals surface area contributed by atoms with Gasteiger partial charge in [-0.2, -0.15) is 5.10 Å². The highest BCUT2D eigenvalue weighted by Gasteiger charge is 2.19. The van der Waals surface area contributed by atoms with E-state index in [1.807, 2.05) is 0 Å². The van der Waals surface area contributed by atoms with Crippen LogP contribution in [0, 0.1) is 6.92 Å². The molecule has 2 rings (SSSR count). The molecule has 2 aromatic rings. The maximum Gasteiger partial charge on any atom is 0.303 e. The number of aromatic amines is 1. The van der Waals surface area contributed by atoms with Gasteiger partial charge < -0.3 is 5.11 Å². The van der Waals surface area contributed by atoms with Crippen molar-refractivity contribution in [3.05, 3.63) is 41.7 Å². The number of carbonyl (C=O) groups is 1. The summed E-state index contributed by atoms with van der Waals surface area (Å²) < 4.78 is 27.0. The minimum Gasteiger partial charge on any atom is -0.481 e. The van der Waals surface area contributed by atoms with E-state index in [9.17, 15) is 13.2 Å². The summed E-state index contributed by atoms with van der Waals surface area (Å²) in [5, 5.41) is 15.0. The van der Waals surface area contributed by atoms with Gasteiger partial charge in [0.05, 0.1) is 17.6 Å². The van der Waals surface area contributed by atoms with Gasteiger partial charge in [-0.05, 0) is 25.0 Å². The van der Waals surface area contributed by atoms with Gasteiger partial charge in [-0.25, -0.2) is 8.42 Å². The SMILES string of the molecule is Cc1[nH]ncc1S(=O)(=O)Nc1ccccc1CCC(=O)O. The molecule has 1 heterocycles. The van der Waals surface area contributed by atoms with E-state index in [1.165, 1.54) is 6.20 Å². The number of rotatable bonds is 6. The van der Waals surface area contributed by atoms with Crippen LogP contribution in [0.2, 0.25) is 0 Å². The molecule has 0 atom stereocenters. The van der Waals surface area contributed by atoms with Crippen LogP contribution in [0.1, 0.15) is 17.7 Å². The van der Waals surface area contributed by atoms with Crippen LogP contribution >= 0.6 is 0 Å². The molecule has 7 nitrogen and oxygen atoms in total. The monoisotopic (exact) mass is 309 g/mol. The first-order valence-corrected chi connectivity index (χ1v) is 7.71. The second kappa shape index (κ2) is 5.96. The van der Waals surface area contributed by atoms with Crippen molar-refractivity contribution in [3.8, 4) is 0 Å². The number of aromatic nitrogens is 2. The van der Waals surface area contributed by atoms with Crippen molar-refractivity contribution in [2.75, 3.05) is 4.72 Å². The molecule has 8 heteroatoms. The number of nitrogens with zero attached hydrogens (tertiary/aromatic N) is 1. The molecule has 0 spiro atoms. The number of aliphatic carboxylic acids is 1. The first-order valence-electron chi connectivity index (χ1n) is 6.22. The Morgan fingerprint density at radius 3 is 2.71 bits per heavy atom. The number of hydrogen-bond donors (Lipinski definition) is 3. The molecule has 0 aliphatic rings. The molecule has 0 unspecified atom stereocenters. The molecule has 0 amide bonds. The number of H-pyrrole nitrogens is 1. The van der Waals surface area contributed by atoms with Crippen molar-refractivity contribution < 1.29 is 18.3 Å². The lowest BCUT2D eigenvalue weighted by molar-refractivity contribution is -0.136. The summed E-state index contributed by atoms with van der Waals surface area (Å²) in [6, 6.07) is 6.72. The lowest BCUT2D eigenvalue weighted by Gasteiger charge is -2.11. The summed E-state index contributed by atoms with van der Waals surface area (Å²) in [5.74, 6) is -0.932. The third-order valence-corrected chi connectivity index (χ3v) is 4.42. The van der Waals surface area contributed by atoms with Crippen LogP contribution in [-0.2, 0) is 21.2 Å². The number of nitrogens with one attached hydrogen (secondary N) is 2. The number of anilines is 1. The Morgan fingerprint density at radius 1 is 1.38 bits per heavy atom. The first kappa shape index (κ1) is 15.0. The standard InChI is InChI=1S/C13H15N3O4S/c1-9-12(8-14-15-9)21(19,20)16-11-5-3-2-4-10(11)6-7-13(17)18/h2-5,8,16H,6-7H2,1H3,(H,14,15)(H,17,18). The van der Waals surface area contributed by atoms with E-state index >= 15 is 0 Å². The number of carboxylic acids is 1. The van der Waals surface area contributed by atoms with Crippen LogP contribution in [0.25, 0.3) is 0 Å². The van der Waals surface area contributed by atoms with E-state index in [-0.39, 0.29) is 17.7 Å². The Balaban J connectivity index is 2.27. The zero-order chi connectivity index (χ0) is 15.5. The maximum absolute atomic E-state index is 12.3. The van der Waals surface area contributed by atoms with Gasteiger partial charge in [0.1, 0.15) is 4.90 Å². The first-order chi connectivity index (χ1) is 9.90. The highest BCUT2D eigenvalue weighted by atomic mass is 32.2. The van der Waals surface area contributed by atoms with Crippen molar-refractivity contribution in [2.45, 2.75) is 24.7 Å². The summed E-state index contributed by atoms with van der Waals surface area (Å²) in [5.41, 5.74) is 1.44. The lowest BCUT2D eigenvalue weighted by atomic mass is 10.1. The number of hydrogen-bond acceptors (Lipinski definition) is 4. The Hall–Kier alpha value is -2.35. The van der Waals surface area contributed by atoms with Crippen molar-refractivity contribution in [2.24, 2.45) is 0 Å². The maximum atomic E-state index is 12.3. The molecule has 0 bridgehead atoms. The van der Waals surface area contributed by atoms with Crippen molar-refractivity contribution in [3.63, 3.8) is 0 Å². The van der Waals surface area contributed by atoms with Crippen LogP contribution in [0.3, 0.4) is 0 Å². The van der Waals surface area contributed by atoms with Crippen molar-refractivity contribution in [1.29, 1.82) is 0 Å². The van der Waals surface area contributed by atoms with Gasteiger partial charge in [0, 0.05) is 6.42 Å². The number of carboxylic acid groups (broad SMARTS) is 1. The molecule has 112 valence electrons. The average Bonchev–Trinajstić information content (AvgIpc) is 2.84. The van der Waals surface area contributed by atoms with Crippen molar-refractivity contribution in [1.82, 2.24) is 10.2 Å². The minimum atomic E-state index is -3.75. The summed E-state index contributed by atoms with van der Waals surface area (Å²) >= 11 is 0. The third-order valence-electron chi connectivity index (χ3n) is 2.94. The predicted molar refractivity (Wildman–Crippen MR) is 76.5 cm³/mol. The zero-order valence-electron chi connectivity index (χ0n) is 11.3. The normalized spacial score (nSPS) is 11.3. The zero-order valence-corrected chi connectivity index (χ0v) is 12.1. The van der Waals surface area contributed by atoms with E-state index < -0.39 is 16.0 Å². The van der Waals surface area contributed by atoms with Gasteiger partial charge >= 0.3 is 5.97 Å². The molecule has 3 N–H and O–H groups in total. The Bertz CT molecular complexity index is 752. The fourth-order valence-electron chi connectivity index (χ4n) is 1.89. The van der Waals surface area contributed by atoms with E-state index in [4.69, 9.17) is 5.11 Å². The minimum absolute atomic E-state index is 0.0653. The van der Waals surface area contributed by atoms with Gasteiger partial charge in [0.2, 0.25) is 0 Å². The van der Waals surface area contributed by atoms with Crippen LogP contribution in [-0.4, -0.2) is 29.7 Å². The van der Waals surface area contributed by atoms with Crippen LogP contribution in [0.15, 0.2) is 35.4 Å². The van der Waals surface area contributed by atoms with E-state index in [0.717, 1.165) is 0 Å². The van der Waals surface area contributed by atoms with E-state index in [2.05, 4.69) is 14.9 Å². The Kier molecular flexibility index (Phi) is 4.27. The van der Waals surface area contributed by atoms with Crippen LogP contribution < -0.4 is 4.72 Å². The molecular weight excluding hydrogens is 294 g/mol. The summed E-state index contributed by atoms with van der Waals surface area (Å²) in [6.45, 7) is 1.61. The molecule has 21 heavy (non-hydrogen) atoms. The van der Waals surface area contributed by atoms with Gasteiger partial charge in [0.15, 0.2) is 0 Å². The number of benzene rings is 1. The highest BCUT2D eigenvalue weighted by Crippen LogP contribution is 2.22. The summed E-state index contributed by atoms with van der Waals surface area (Å²) in [7, 11) is -3.75. The molecule has 0 radical (unpaired) electrons. The Morgan fingerprint density at radius 2 is 2.10 bits per heavy atom. The van der Waals surface area contributed by atoms with E-state index in [1.54, 1.807) is 31.2 Å². The average molecular weight is 309 g/mol. The number of sulfonamides is 1. The van der Waals surface area contributed by atoms with Gasteiger partial charge in [0.25, 0.3) is 10.0 Å². The third kappa shape index (κ3) is 3.60. The largest absolute Gasteiger partial charge is 0.481 e. The van der Waals surface area contributed by atoms with E-state index in [0.29, 0.717) is 16.9 Å². The van der Waals surface area contributed by atoms with Crippen molar-refractivity contribution >= 4 is 21.7 Å². The molecule has 0 aliphatic carbocycles. The molecule has 0 saturated heterocycles. The summed E-state index contributed by atoms with van der Waals surface area (Å²) in [6.07, 6.45) is 1.42. The summed E-state index contributed by atoms with van der Waals surface area (Å²) in [4.78, 5) is 10.7. The van der Waals surface area contributed by atoms with Crippen LogP contribution in [0.5, 0.6) is 0 Å². The fourth-order valence-corrected chi connectivity index (χ4v) is 3.13. The fraction of sp³-hybridized carbons (Fsp3) is 0.231. The quantitative estimate of drug-likeness (QED) is 0.749. The smallest absolute Gasteiger partial charge is 0.303 e. The number of aryl methyl sites for hydroxylation is 2. The van der Waals surface area contributed by atoms with Gasteiger partial charge in [-0.3, -0.25) is 14.6 Å². The molecular formula is C13H15N3O4S. The highest BCUT2D eigenvalue weighted by molar-refractivity contribution is 7.92. The Labute approximate surface area is 122 Å². The topological polar surface area (TPSA) is 112 Å². The van der Waals surface area contributed by atoms with Gasteiger partial charge in [-0.15, -0.1) is 0 Å². The predicted octanol–water partition coefficient (Wildman–Crippen LogP) is 1.54. The number of para-hydroxylation sites is 1. The molecule has 0 fully saturated rings.